The van der Waals surface area contributed by atoms with Crippen molar-refractivity contribution in [2.75, 3.05) is 0 Å². The fourth-order valence-corrected chi connectivity index (χ4v) is 1.00. The zero-order valence-electron chi connectivity index (χ0n) is 6.01. The van der Waals surface area contributed by atoms with Crippen LogP contribution in [0.2, 0.25) is 0 Å². The molecule has 10 heavy (non-hydrogen) atoms. The van der Waals surface area contributed by atoms with Gasteiger partial charge in [-0.25, -0.2) is 0 Å². The lowest BCUT2D eigenvalue weighted by Gasteiger charge is -2.02. The van der Waals surface area contributed by atoms with E-state index in [2.05, 4.69) is 13.0 Å². The van der Waals surface area contributed by atoms with Crippen LogP contribution in [0.15, 0.2) is 24.3 Å². The number of benzene rings is 1. The third kappa shape index (κ3) is 1.36. The Morgan fingerprint density at radius 1 is 1.20 bits per heavy atom. The van der Waals surface area contributed by atoms with E-state index in [1.165, 1.54) is 11.1 Å². The van der Waals surface area contributed by atoms with E-state index in [1.54, 1.807) is 0 Å². The second-order valence-corrected chi connectivity index (χ2v) is 2.22. The molecule has 1 radical (unpaired) electrons. The molecule has 0 aliphatic carbocycles. The normalized spacial score (nSPS) is 9.80. The van der Waals surface area contributed by atoms with Crippen LogP contribution in [0.1, 0.15) is 11.1 Å². The SMILES string of the molecule is [CH2]Cc1ccccc1CN. The van der Waals surface area contributed by atoms with Crippen LogP contribution in [0.5, 0.6) is 0 Å². The van der Waals surface area contributed by atoms with Crippen molar-refractivity contribution in [2.45, 2.75) is 13.0 Å². The van der Waals surface area contributed by atoms with Crippen molar-refractivity contribution >= 4 is 0 Å². The highest BCUT2D eigenvalue weighted by atomic mass is 14.5. The lowest BCUT2D eigenvalue weighted by Crippen LogP contribution is -1.99. The highest BCUT2D eigenvalue weighted by Crippen LogP contribution is 2.07. The molecule has 0 aliphatic rings. The Morgan fingerprint density at radius 3 is 2.20 bits per heavy atom. The standard InChI is InChI=1S/C9H12N/c1-2-8-5-3-4-6-9(8)7-10/h3-6H,1-2,7,10H2. The van der Waals surface area contributed by atoms with Gasteiger partial charge in [0.05, 0.1) is 0 Å². The van der Waals surface area contributed by atoms with Crippen LogP contribution in [0.3, 0.4) is 0 Å². The predicted octanol–water partition coefficient (Wildman–Crippen LogP) is 1.52. The van der Waals surface area contributed by atoms with E-state index >= 15 is 0 Å². The van der Waals surface area contributed by atoms with Crippen LogP contribution in [0.4, 0.5) is 0 Å². The van der Waals surface area contributed by atoms with E-state index < -0.39 is 0 Å². The first-order valence-corrected chi connectivity index (χ1v) is 3.44. The number of hydrogen-bond donors (Lipinski definition) is 1. The lowest BCUT2D eigenvalue weighted by atomic mass is 10.1. The summed E-state index contributed by atoms with van der Waals surface area (Å²) in [7, 11) is 0. The van der Waals surface area contributed by atoms with Gasteiger partial charge in [0.15, 0.2) is 0 Å². The van der Waals surface area contributed by atoms with Crippen LogP contribution in [0, 0.1) is 6.92 Å². The number of rotatable bonds is 2. The smallest absolute Gasteiger partial charge is 0.0180 e. The third-order valence-corrected chi connectivity index (χ3v) is 1.61. The van der Waals surface area contributed by atoms with Crippen molar-refractivity contribution in [3.8, 4) is 0 Å². The molecule has 0 bridgehead atoms. The van der Waals surface area contributed by atoms with Gasteiger partial charge in [0.25, 0.3) is 0 Å². The van der Waals surface area contributed by atoms with Gasteiger partial charge >= 0.3 is 0 Å². The molecule has 0 aromatic heterocycles. The molecule has 1 aromatic carbocycles. The lowest BCUT2D eigenvalue weighted by molar-refractivity contribution is 1.03. The molecular weight excluding hydrogens is 122 g/mol. The number of nitrogens with two attached hydrogens (primary N) is 1. The van der Waals surface area contributed by atoms with Crippen LogP contribution < -0.4 is 5.73 Å². The van der Waals surface area contributed by atoms with Gasteiger partial charge in [-0.15, -0.1) is 0 Å². The minimum Gasteiger partial charge on any atom is -0.326 e. The van der Waals surface area contributed by atoms with Gasteiger partial charge in [0.1, 0.15) is 0 Å². The van der Waals surface area contributed by atoms with Gasteiger partial charge in [-0.05, 0) is 24.5 Å². The Hall–Kier alpha value is -0.820. The van der Waals surface area contributed by atoms with E-state index in [9.17, 15) is 0 Å². The summed E-state index contributed by atoms with van der Waals surface area (Å²) in [4.78, 5) is 0. The highest BCUT2D eigenvalue weighted by molar-refractivity contribution is 5.27. The van der Waals surface area contributed by atoms with Crippen molar-refractivity contribution in [2.24, 2.45) is 5.73 Å². The molecule has 0 unspecified atom stereocenters. The topological polar surface area (TPSA) is 26.0 Å². The second kappa shape index (κ2) is 3.37. The van der Waals surface area contributed by atoms with Crippen molar-refractivity contribution in [3.63, 3.8) is 0 Å². The second-order valence-electron chi connectivity index (χ2n) is 2.22. The van der Waals surface area contributed by atoms with E-state index in [4.69, 9.17) is 5.73 Å². The maximum absolute atomic E-state index is 5.50. The van der Waals surface area contributed by atoms with Gasteiger partial charge in [0, 0.05) is 6.54 Å². The Bertz CT molecular complexity index is 183. The molecule has 0 amide bonds. The monoisotopic (exact) mass is 134 g/mol. The maximum atomic E-state index is 5.50. The summed E-state index contributed by atoms with van der Waals surface area (Å²) in [5, 5.41) is 0. The average molecular weight is 134 g/mol. The van der Waals surface area contributed by atoms with Crippen molar-refractivity contribution in [3.05, 3.63) is 42.3 Å². The van der Waals surface area contributed by atoms with Gasteiger partial charge < -0.3 is 5.73 Å². The molecule has 1 nitrogen and oxygen atoms in total. The fraction of sp³-hybridized carbons (Fsp3) is 0.222. The first kappa shape index (κ1) is 7.29. The zero-order valence-corrected chi connectivity index (χ0v) is 6.01. The summed E-state index contributed by atoms with van der Waals surface area (Å²) in [6.45, 7) is 4.43. The quantitative estimate of drug-likeness (QED) is 0.652. The van der Waals surface area contributed by atoms with Crippen LogP contribution in [-0.2, 0) is 13.0 Å². The molecule has 0 saturated carbocycles. The summed E-state index contributed by atoms with van der Waals surface area (Å²) in [6.07, 6.45) is 0.827. The largest absolute Gasteiger partial charge is 0.326 e. The van der Waals surface area contributed by atoms with Gasteiger partial charge in [-0.3, -0.25) is 0 Å². The summed E-state index contributed by atoms with van der Waals surface area (Å²) in [6, 6.07) is 8.12. The Balaban J connectivity index is 2.96. The number of hydrogen-bond acceptors (Lipinski definition) is 1. The molecule has 0 fully saturated rings. The molecule has 1 aromatic rings. The molecule has 53 valence electrons. The minimum atomic E-state index is 0.617. The van der Waals surface area contributed by atoms with Gasteiger partial charge in [-0.2, -0.15) is 0 Å². The van der Waals surface area contributed by atoms with E-state index in [0.717, 1.165) is 6.42 Å². The summed E-state index contributed by atoms with van der Waals surface area (Å²) in [5.74, 6) is 0. The van der Waals surface area contributed by atoms with E-state index in [-0.39, 0.29) is 0 Å². The van der Waals surface area contributed by atoms with Gasteiger partial charge in [0.2, 0.25) is 0 Å². The minimum absolute atomic E-state index is 0.617. The molecule has 0 atom stereocenters. The molecule has 2 N–H and O–H groups in total. The third-order valence-electron chi connectivity index (χ3n) is 1.61. The van der Waals surface area contributed by atoms with Crippen LogP contribution in [-0.4, -0.2) is 0 Å². The van der Waals surface area contributed by atoms with Gasteiger partial charge in [-0.1, -0.05) is 24.3 Å². The molecule has 0 aliphatic heterocycles. The average Bonchev–Trinajstić information content (AvgIpc) is 2.04. The Labute approximate surface area is 61.9 Å². The van der Waals surface area contributed by atoms with Crippen LogP contribution in [0.25, 0.3) is 0 Å². The highest BCUT2D eigenvalue weighted by Gasteiger charge is 1.94. The van der Waals surface area contributed by atoms with Crippen molar-refractivity contribution in [1.29, 1.82) is 0 Å². The zero-order chi connectivity index (χ0) is 7.40. The first-order chi connectivity index (χ1) is 4.88. The Kier molecular flexibility index (Phi) is 2.46. The molecule has 1 rings (SSSR count). The van der Waals surface area contributed by atoms with Crippen molar-refractivity contribution < 1.29 is 0 Å². The Morgan fingerprint density at radius 2 is 1.80 bits per heavy atom. The summed E-state index contributed by atoms with van der Waals surface area (Å²) < 4.78 is 0. The molecule has 0 saturated heterocycles. The van der Waals surface area contributed by atoms with E-state index in [0.29, 0.717) is 6.54 Å². The maximum Gasteiger partial charge on any atom is 0.0180 e. The molecule has 0 spiro atoms. The van der Waals surface area contributed by atoms with Crippen molar-refractivity contribution in [1.82, 2.24) is 0 Å². The molecule has 1 heteroatoms. The summed E-state index contributed by atoms with van der Waals surface area (Å²) in [5.41, 5.74) is 7.96. The molecular formula is C9H12N. The molecule has 0 heterocycles. The predicted molar refractivity (Wildman–Crippen MR) is 43.4 cm³/mol. The first-order valence-electron chi connectivity index (χ1n) is 3.44. The summed E-state index contributed by atoms with van der Waals surface area (Å²) >= 11 is 0. The van der Waals surface area contributed by atoms with Crippen LogP contribution >= 0.6 is 0 Å². The fourth-order valence-electron chi connectivity index (χ4n) is 1.00. The van der Waals surface area contributed by atoms with E-state index in [1.807, 2.05) is 18.2 Å².